The number of aromatic nitrogens is 1. The Kier molecular flexibility index (Phi) is 4.88. The van der Waals surface area contributed by atoms with Gasteiger partial charge in [-0.25, -0.2) is 0 Å². The van der Waals surface area contributed by atoms with Gasteiger partial charge in [0.2, 0.25) is 5.88 Å². The Balaban J connectivity index is 1.99. The molecule has 19 heavy (non-hydrogen) atoms. The van der Waals surface area contributed by atoms with Gasteiger partial charge in [0, 0.05) is 6.04 Å². The second-order valence-electron chi connectivity index (χ2n) is 5.42. The van der Waals surface area contributed by atoms with Crippen molar-refractivity contribution in [3.8, 4) is 5.88 Å². The average Bonchev–Trinajstić information content (AvgIpc) is 2.93. The van der Waals surface area contributed by atoms with Crippen molar-refractivity contribution in [3.63, 3.8) is 0 Å². The quantitative estimate of drug-likeness (QED) is 0.825. The van der Waals surface area contributed by atoms with Crippen molar-refractivity contribution in [2.45, 2.75) is 52.0 Å². The van der Waals surface area contributed by atoms with Crippen LogP contribution in [-0.4, -0.2) is 17.6 Å². The summed E-state index contributed by atoms with van der Waals surface area (Å²) in [5, 5.41) is 3.48. The number of nitrogen functional groups attached to an aromatic ring is 1. The van der Waals surface area contributed by atoms with Crippen molar-refractivity contribution < 1.29 is 4.74 Å². The van der Waals surface area contributed by atoms with Crippen LogP contribution in [0, 0.1) is 5.92 Å². The first-order valence-electron chi connectivity index (χ1n) is 7.36. The number of ether oxygens (including phenoxy) is 1. The molecular formula is C15H25N3O. The molecule has 1 fully saturated rings. The highest BCUT2D eigenvalue weighted by Gasteiger charge is 2.21. The largest absolute Gasteiger partial charge is 0.476 e. The molecule has 2 rings (SSSR count). The van der Waals surface area contributed by atoms with Crippen molar-refractivity contribution in [2.24, 2.45) is 5.92 Å². The normalized spacial score (nSPS) is 17.4. The minimum absolute atomic E-state index is 0.456. The van der Waals surface area contributed by atoms with Gasteiger partial charge in [-0.1, -0.05) is 19.8 Å². The van der Waals surface area contributed by atoms with E-state index in [4.69, 9.17) is 10.5 Å². The lowest BCUT2D eigenvalue weighted by atomic mass is 10.00. The smallest absolute Gasteiger partial charge is 0.239 e. The molecule has 1 aromatic heterocycles. The number of nitrogens with one attached hydrogen (secondary N) is 1. The lowest BCUT2D eigenvalue weighted by Crippen LogP contribution is -2.24. The van der Waals surface area contributed by atoms with Crippen LogP contribution < -0.4 is 15.8 Å². The number of pyridine rings is 1. The van der Waals surface area contributed by atoms with E-state index in [1.165, 1.54) is 25.7 Å². The molecule has 0 saturated heterocycles. The Labute approximate surface area is 115 Å². The molecule has 1 heterocycles. The first-order chi connectivity index (χ1) is 9.20. The van der Waals surface area contributed by atoms with Gasteiger partial charge in [0.15, 0.2) is 0 Å². The van der Waals surface area contributed by atoms with E-state index in [1.54, 1.807) is 0 Å². The fraction of sp³-hybridized carbons (Fsp3) is 0.667. The van der Waals surface area contributed by atoms with Crippen LogP contribution in [0.3, 0.4) is 0 Å². The van der Waals surface area contributed by atoms with Gasteiger partial charge in [-0.05, 0) is 44.2 Å². The Morgan fingerprint density at radius 2 is 2.16 bits per heavy atom. The highest BCUT2D eigenvalue weighted by molar-refractivity contribution is 5.53. The third-order valence-electron chi connectivity index (χ3n) is 3.82. The zero-order valence-corrected chi connectivity index (χ0v) is 12.0. The number of hydrogen-bond acceptors (Lipinski definition) is 4. The van der Waals surface area contributed by atoms with Crippen molar-refractivity contribution in [3.05, 3.63) is 12.1 Å². The zero-order valence-electron chi connectivity index (χ0n) is 12.0. The summed E-state index contributed by atoms with van der Waals surface area (Å²) < 4.78 is 5.56. The molecular weight excluding hydrogens is 238 g/mol. The summed E-state index contributed by atoms with van der Waals surface area (Å²) in [6.45, 7) is 4.96. The maximum atomic E-state index is 5.87. The van der Waals surface area contributed by atoms with Crippen LogP contribution in [0.5, 0.6) is 5.88 Å². The van der Waals surface area contributed by atoms with E-state index in [1.807, 2.05) is 12.1 Å². The molecule has 4 nitrogen and oxygen atoms in total. The molecule has 1 aliphatic rings. The van der Waals surface area contributed by atoms with Gasteiger partial charge in [0.25, 0.3) is 0 Å². The third-order valence-corrected chi connectivity index (χ3v) is 3.82. The second-order valence-corrected chi connectivity index (χ2v) is 5.42. The molecule has 1 unspecified atom stereocenters. The van der Waals surface area contributed by atoms with Crippen LogP contribution in [0.4, 0.5) is 11.5 Å². The monoisotopic (exact) mass is 263 g/mol. The molecule has 0 aliphatic heterocycles. The maximum absolute atomic E-state index is 5.87. The molecule has 0 spiro atoms. The lowest BCUT2D eigenvalue weighted by molar-refractivity contribution is 0.307. The van der Waals surface area contributed by atoms with Crippen LogP contribution >= 0.6 is 0 Å². The van der Waals surface area contributed by atoms with Crippen molar-refractivity contribution >= 4 is 11.5 Å². The van der Waals surface area contributed by atoms with Crippen molar-refractivity contribution in [2.75, 3.05) is 17.7 Å². The predicted octanol–water partition coefficient (Wildman–Crippen LogP) is 3.44. The fourth-order valence-corrected chi connectivity index (χ4v) is 2.65. The summed E-state index contributed by atoms with van der Waals surface area (Å²) in [4.78, 5) is 4.46. The van der Waals surface area contributed by atoms with E-state index in [9.17, 15) is 0 Å². The van der Waals surface area contributed by atoms with Crippen LogP contribution in [0.1, 0.15) is 46.0 Å². The molecule has 1 saturated carbocycles. The SMILES string of the molecule is CCCOc1nc(NC(C)C2CCCC2)ccc1N. The highest BCUT2D eigenvalue weighted by Crippen LogP contribution is 2.29. The molecule has 106 valence electrons. The van der Waals surface area contributed by atoms with E-state index in [2.05, 4.69) is 24.1 Å². The molecule has 1 atom stereocenters. The molecule has 0 bridgehead atoms. The summed E-state index contributed by atoms with van der Waals surface area (Å²) in [5.74, 6) is 2.17. The maximum Gasteiger partial charge on any atom is 0.239 e. The standard InChI is InChI=1S/C15H25N3O/c1-3-10-19-15-13(16)8-9-14(18-15)17-11(2)12-6-4-5-7-12/h8-9,11-12H,3-7,10,16H2,1-2H3,(H,17,18). The Hall–Kier alpha value is -1.45. The summed E-state index contributed by atoms with van der Waals surface area (Å²) in [5.41, 5.74) is 6.47. The van der Waals surface area contributed by atoms with Gasteiger partial charge in [-0.15, -0.1) is 0 Å². The summed E-state index contributed by atoms with van der Waals surface area (Å²) >= 11 is 0. The number of rotatable bonds is 6. The Morgan fingerprint density at radius 1 is 1.42 bits per heavy atom. The zero-order chi connectivity index (χ0) is 13.7. The second kappa shape index (κ2) is 6.64. The van der Waals surface area contributed by atoms with Crippen LogP contribution in [0.2, 0.25) is 0 Å². The van der Waals surface area contributed by atoms with Gasteiger partial charge in [-0.3, -0.25) is 0 Å². The summed E-state index contributed by atoms with van der Waals surface area (Å²) in [7, 11) is 0. The molecule has 4 heteroatoms. The Morgan fingerprint density at radius 3 is 2.84 bits per heavy atom. The molecule has 0 radical (unpaired) electrons. The highest BCUT2D eigenvalue weighted by atomic mass is 16.5. The van der Waals surface area contributed by atoms with Gasteiger partial charge in [0.1, 0.15) is 5.82 Å². The third kappa shape index (κ3) is 3.75. The number of anilines is 2. The van der Waals surface area contributed by atoms with Gasteiger partial charge in [0.05, 0.1) is 12.3 Å². The number of nitrogens with two attached hydrogens (primary N) is 1. The van der Waals surface area contributed by atoms with Gasteiger partial charge >= 0.3 is 0 Å². The lowest BCUT2D eigenvalue weighted by Gasteiger charge is -2.21. The van der Waals surface area contributed by atoms with E-state index < -0.39 is 0 Å². The topological polar surface area (TPSA) is 60.2 Å². The first kappa shape index (κ1) is 14.0. The molecule has 0 amide bonds. The Bertz CT molecular complexity index is 402. The fourth-order valence-electron chi connectivity index (χ4n) is 2.65. The molecule has 3 N–H and O–H groups in total. The van der Waals surface area contributed by atoms with Crippen molar-refractivity contribution in [1.82, 2.24) is 4.98 Å². The van der Waals surface area contributed by atoms with E-state index in [0.29, 0.717) is 24.2 Å². The first-order valence-corrected chi connectivity index (χ1v) is 7.36. The number of hydrogen-bond donors (Lipinski definition) is 2. The predicted molar refractivity (Wildman–Crippen MR) is 79.5 cm³/mol. The van der Waals surface area contributed by atoms with Crippen LogP contribution in [0.15, 0.2) is 12.1 Å². The van der Waals surface area contributed by atoms with Gasteiger partial charge < -0.3 is 15.8 Å². The van der Waals surface area contributed by atoms with Crippen LogP contribution in [-0.2, 0) is 0 Å². The molecule has 1 aromatic rings. The average molecular weight is 263 g/mol. The summed E-state index contributed by atoms with van der Waals surface area (Å²) in [6.07, 6.45) is 6.31. The van der Waals surface area contributed by atoms with E-state index in [-0.39, 0.29) is 0 Å². The van der Waals surface area contributed by atoms with Crippen molar-refractivity contribution in [1.29, 1.82) is 0 Å². The molecule has 1 aliphatic carbocycles. The minimum atomic E-state index is 0.456. The summed E-state index contributed by atoms with van der Waals surface area (Å²) in [6, 6.07) is 4.25. The van der Waals surface area contributed by atoms with E-state index >= 15 is 0 Å². The molecule has 0 aromatic carbocycles. The minimum Gasteiger partial charge on any atom is -0.476 e. The van der Waals surface area contributed by atoms with Crippen LogP contribution in [0.25, 0.3) is 0 Å². The van der Waals surface area contributed by atoms with E-state index in [0.717, 1.165) is 18.2 Å². The number of nitrogens with zero attached hydrogens (tertiary/aromatic N) is 1. The van der Waals surface area contributed by atoms with Gasteiger partial charge in [-0.2, -0.15) is 4.98 Å².